The second-order valence-electron chi connectivity index (χ2n) is 4.46. The Hall–Kier alpha value is -1.35. The molecule has 0 spiro atoms. The second kappa shape index (κ2) is 6.55. The number of hydrogen-bond donors (Lipinski definition) is 1. The number of nitrogens with zero attached hydrogens (tertiary/aromatic N) is 1. The minimum Gasteiger partial charge on any atom is -0.352 e. The fourth-order valence-corrected chi connectivity index (χ4v) is 2.32. The van der Waals surface area contributed by atoms with Crippen LogP contribution in [0.2, 0.25) is 5.15 Å². The van der Waals surface area contributed by atoms with Crippen LogP contribution in [0, 0.1) is 0 Å². The molecule has 0 saturated heterocycles. The maximum Gasteiger partial charge on any atom is 0.254 e. The maximum atomic E-state index is 11.9. The third-order valence-electron chi connectivity index (χ3n) is 3.12. The van der Waals surface area contributed by atoms with Crippen molar-refractivity contribution in [1.82, 2.24) is 10.3 Å². The van der Waals surface area contributed by atoms with Gasteiger partial charge >= 0.3 is 0 Å². The molecule has 4 heteroatoms. The Kier molecular flexibility index (Phi) is 4.76. The fraction of sp³-hybridized carbons (Fsp3) is 0.429. The number of allylic oxidation sites excluding steroid dienone is 1. The van der Waals surface area contributed by atoms with E-state index < -0.39 is 0 Å². The Bertz CT molecular complexity index is 457. The molecule has 0 aromatic carbocycles. The van der Waals surface area contributed by atoms with Gasteiger partial charge in [0.25, 0.3) is 5.91 Å². The van der Waals surface area contributed by atoms with Gasteiger partial charge < -0.3 is 5.32 Å². The fourth-order valence-electron chi connectivity index (χ4n) is 2.12. The molecule has 0 radical (unpaired) electrons. The number of carbonyl (C=O) groups excluding carboxylic acids is 1. The van der Waals surface area contributed by atoms with Gasteiger partial charge in [-0.2, -0.15) is 0 Å². The van der Waals surface area contributed by atoms with Crippen LogP contribution in [0.3, 0.4) is 0 Å². The highest BCUT2D eigenvalue weighted by Gasteiger charge is 2.10. The van der Waals surface area contributed by atoms with Gasteiger partial charge in [-0.15, -0.1) is 0 Å². The summed E-state index contributed by atoms with van der Waals surface area (Å²) >= 11 is 5.86. The Morgan fingerprint density at radius 2 is 2.33 bits per heavy atom. The molecule has 1 aliphatic carbocycles. The number of hydrogen-bond acceptors (Lipinski definition) is 2. The van der Waals surface area contributed by atoms with E-state index in [9.17, 15) is 4.79 Å². The molecule has 0 fully saturated rings. The Morgan fingerprint density at radius 3 is 3.06 bits per heavy atom. The lowest BCUT2D eigenvalue weighted by Gasteiger charge is -2.13. The summed E-state index contributed by atoms with van der Waals surface area (Å²) in [6.45, 7) is 0.663. The molecular formula is C14H17ClN2O. The largest absolute Gasteiger partial charge is 0.352 e. The first-order chi connectivity index (χ1) is 8.77. The highest BCUT2D eigenvalue weighted by Crippen LogP contribution is 2.19. The average molecular weight is 265 g/mol. The van der Waals surface area contributed by atoms with Crippen LogP contribution in [-0.2, 0) is 0 Å². The topological polar surface area (TPSA) is 42.0 Å². The van der Waals surface area contributed by atoms with Crippen LogP contribution >= 0.6 is 11.6 Å². The highest BCUT2D eigenvalue weighted by molar-refractivity contribution is 6.32. The lowest BCUT2D eigenvalue weighted by Crippen LogP contribution is -2.25. The van der Waals surface area contributed by atoms with E-state index >= 15 is 0 Å². The summed E-state index contributed by atoms with van der Waals surface area (Å²) < 4.78 is 0. The molecule has 1 N–H and O–H groups in total. The molecule has 0 unspecified atom stereocenters. The van der Waals surface area contributed by atoms with Crippen LogP contribution in [0.1, 0.15) is 42.5 Å². The van der Waals surface area contributed by atoms with E-state index in [0.29, 0.717) is 12.1 Å². The van der Waals surface area contributed by atoms with Crippen LogP contribution in [0.5, 0.6) is 0 Å². The predicted molar refractivity (Wildman–Crippen MR) is 72.7 cm³/mol. The van der Waals surface area contributed by atoms with Crippen molar-refractivity contribution in [2.24, 2.45) is 0 Å². The normalized spacial score (nSPS) is 15.1. The van der Waals surface area contributed by atoms with Gasteiger partial charge in [0.1, 0.15) is 5.15 Å². The van der Waals surface area contributed by atoms with E-state index in [1.165, 1.54) is 31.3 Å². The summed E-state index contributed by atoms with van der Waals surface area (Å²) in [4.78, 5) is 15.7. The molecule has 0 atom stereocenters. The van der Waals surface area contributed by atoms with Crippen molar-refractivity contribution in [3.63, 3.8) is 0 Å². The maximum absolute atomic E-state index is 11.9. The van der Waals surface area contributed by atoms with Crippen molar-refractivity contribution in [3.05, 3.63) is 40.7 Å². The lowest BCUT2D eigenvalue weighted by molar-refractivity contribution is 0.0954. The zero-order chi connectivity index (χ0) is 12.8. The van der Waals surface area contributed by atoms with Gasteiger partial charge in [-0.1, -0.05) is 23.3 Å². The highest BCUT2D eigenvalue weighted by atomic mass is 35.5. The van der Waals surface area contributed by atoms with Gasteiger partial charge in [-0.05, 0) is 44.2 Å². The van der Waals surface area contributed by atoms with Crippen LogP contribution in [-0.4, -0.2) is 17.4 Å². The van der Waals surface area contributed by atoms with E-state index in [-0.39, 0.29) is 11.1 Å². The molecule has 3 nitrogen and oxygen atoms in total. The quantitative estimate of drug-likeness (QED) is 0.669. The molecule has 1 heterocycles. The Morgan fingerprint density at radius 1 is 1.44 bits per heavy atom. The van der Waals surface area contributed by atoms with E-state index in [1.807, 2.05) is 0 Å². The summed E-state index contributed by atoms with van der Waals surface area (Å²) in [6.07, 6.45) is 9.72. The molecule has 96 valence electrons. The first-order valence-corrected chi connectivity index (χ1v) is 6.72. The van der Waals surface area contributed by atoms with Gasteiger partial charge in [-0.3, -0.25) is 4.79 Å². The zero-order valence-electron chi connectivity index (χ0n) is 10.3. The summed E-state index contributed by atoms with van der Waals surface area (Å²) in [5.41, 5.74) is 1.90. The van der Waals surface area contributed by atoms with Crippen molar-refractivity contribution in [2.45, 2.75) is 32.1 Å². The lowest BCUT2D eigenvalue weighted by atomic mass is 9.97. The van der Waals surface area contributed by atoms with E-state index in [1.54, 1.807) is 18.3 Å². The number of halogens is 1. The molecule has 1 aliphatic rings. The molecule has 2 rings (SSSR count). The first-order valence-electron chi connectivity index (χ1n) is 6.34. The summed E-state index contributed by atoms with van der Waals surface area (Å²) in [7, 11) is 0. The first kappa shape index (κ1) is 13.1. The average Bonchev–Trinajstić information content (AvgIpc) is 2.40. The number of nitrogens with one attached hydrogen (secondary N) is 1. The van der Waals surface area contributed by atoms with Crippen molar-refractivity contribution < 1.29 is 4.79 Å². The van der Waals surface area contributed by atoms with Crippen LogP contribution in [0.4, 0.5) is 0 Å². The number of rotatable bonds is 4. The molecule has 18 heavy (non-hydrogen) atoms. The molecule has 1 aromatic rings. The SMILES string of the molecule is O=C(NCCC1=CCCCC1)c1cccnc1Cl. The minimum absolute atomic E-state index is 0.149. The summed E-state index contributed by atoms with van der Waals surface area (Å²) in [5, 5.41) is 3.14. The zero-order valence-corrected chi connectivity index (χ0v) is 11.0. The van der Waals surface area contributed by atoms with Crippen LogP contribution in [0.25, 0.3) is 0 Å². The monoisotopic (exact) mass is 264 g/mol. The number of pyridine rings is 1. The molecule has 0 saturated carbocycles. The van der Waals surface area contributed by atoms with Crippen LogP contribution in [0.15, 0.2) is 30.0 Å². The summed E-state index contributed by atoms with van der Waals surface area (Å²) in [6, 6.07) is 3.40. The third kappa shape index (κ3) is 3.57. The molecule has 0 bridgehead atoms. The van der Waals surface area contributed by atoms with Gasteiger partial charge in [0, 0.05) is 12.7 Å². The summed E-state index contributed by atoms with van der Waals surface area (Å²) in [5.74, 6) is -0.149. The van der Waals surface area contributed by atoms with Gasteiger partial charge in [0.15, 0.2) is 0 Å². The number of amides is 1. The molecule has 0 aliphatic heterocycles. The van der Waals surface area contributed by atoms with Crippen molar-refractivity contribution in [2.75, 3.05) is 6.54 Å². The van der Waals surface area contributed by atoms with Crippen molar-refractivity contribution in [3.8, 4) is 0 Å². The van der Waals surface area contributed by atoms with Crippen molar-refractivity contribution >= 4 is 17.5 Å². The predicted octanol–water partition coefficient (Wildman–Crippen LogP) is 3.36. The van der Waals surface area contributed by atoms with E-state index in [0.717, 1.165) is 6.42 Å². The molecule has 1 amide bonds. The smallest absolute Gasteiger partial charge is 0.254 e. The van der Waals surface area contributed by atoms with Gasteiger partial charge in [-0.25, -0.2) is 4.98 Å². The Labute approximate surface area is 112 Å². The molecule has 1 aromatic heterocycles. The minimum atomic E-state index is -0.149. The number of aromatic nitrogens is 1. The van der Waals surface area contributed by atoms with E-state index in [2.05, 4.69) is 16.4 Å². The third-order valence-corrected chi connectivity index (χ3v) is 3.42. The van der Waals surface area contributed by atoms with Gasteiger partial charge in [0.05, 0.1) is 5.56 Å². The van der Waals surface area contributed by atoms with Crippen LogP contribution < -0.4 is 5.32 Å². The van der Waals surface area contributed by atoms with E-state index in [4.69, 9.17) is 11.6 Å². The Balaban J connectivity index is 1.82. The molecular weight excluding hydrogens is 248 g/mol. The van der Waals surface area contributed by atoms with Gasteiger partial charge in [0.2, 0.25) is 0 Å². The number of carbonyl (C=O) groups is 1. The van der Waals surface area contributed by atoms with Crippen molar-refractivity contribution in [1.29, 1.82) is 0 Å². The second-order valence-corrected chi connectivity index (χ2v) is 4.81. The standard InChI is InChI=1S/C14H17ClN2O/c15-13-12(7-4-9-16-13)14(18)17-10-8-11-5-2-1-3-6-11/h4-5,7,9H,1-3,6,8,10H2,(H,17,18).